The van der Waals surface area contributed by atoms with Crippen molar-refractivity contribution in [1.29, 1.82) is 0 Å². The molecule has 1 rings (SSSR count). The Morgan fingerprint density at radius 1 is 1.57 bits per heavy atom. The average molecular weight is 195 g/mol. The number of nitrogens with two attached hydrogens (primary N) is 1. The van der Waals surface area contributed by atoms with Crippen LogP contribution in [0.4, 0.5) is 5.82 Å². The van der Waals surface area contributed by atoms with Crippen LogP contribution in [-0.4, -0.2) is 23.0 Å². The third-order valence-corrected chi connectivity index (χ3v) is 1.79. The molecule has 1 aromatic rings. The molecule has 0 radical (unpaired) electrons. The van der Waals surface area contributed by atoms with E-state index in [1.54, 1.807) is 6.20 Å². The summed E-state index contributed by atoms with van der Waals surface area (Å²) in [7, 11) is 1.28. The highest BCUT2D eigenvalue weighted by molar-refractivity contribution is 5.91. The monoisotopic (exact) mass is 195 g/mol. The molecule has 5 heteroatoms. The minimum atomic E-state index is -0.558. The van der Waals surface area contributed by atoms with Crippen LogP contribution in [0.3, 0.4) is 0 Å². The van der Waals surface area contributed by atoms with Gasteiger partial charge in [0.05, 0.1) is 19.0 Å². The van der Waals surface area contributed by atoms with Crippen LogP contribution in [0.1, 0.15) is 35.9 Å². The van der Waals surface area contributed by atoms with Crippen molar-refractivity contribution in [2.75, 3.05) is 12.8 Å². The van der Waals surface area contributed by atoms with Gasteiger partial charge in [-0.3, -0.25) is 0 Å². The van der Waals surface area contributed by atoms with E-state index in [4.69, 9.17) is 5.73 Å². The summed E-state index contributed by atoms with van der Waals surface area (Å²) in [6.45, 7) is 3.92. The van der Waals surface area contributed by atoms with Crippen LogP contribution in [0.25, 0.3) is 0 Å². The van der Waals surface area contributed by atoms with E-state index in [1.807, 2.05) is 13.8 Å². The van der Waals surface area contributed by atoms with E-state index in [-0.39, 0.29) is 17.4 Å². The van der Waals surface area contributed by atoms with Crippen molar-refractivity contribution in [3.05, 3.63) is 17.6 Å². The fourth-order valence-corrected chi connectivity index (χ4v) is 0.937. The second-order valence-corrected chi connectivity index (χ2v) is 3.17. The standard InChI is InChI=1S/C9H13N3O2/c1-5(2)6-4-11-8(10)7(12-6)9(13)14-3/h4-5H,1-3H3,(H2,10,11). The number of aromatic nitrogens is 2. The number of rotatable bonds is 2. The molecule has 0 fully saturated rings. The maximum absolute atomic E-state index is 11.2. The van der Waals surface area contributed by atoms with E-state index in [9.17, 15) is 4.79 Å². The fraction of sp³-hybridized carbons (Fsp3) is 0.444. The first-order valence-corrected chi connectivity index (χ1v) is 4.27. The quantitative estimate of drug-likeness (QED) is 0.711. The molecule has 1 heterocycles. The van der Waals surface area contributed by atoms with Gasteiger partial charge in [0.25, 0.3) is 0 Å². The molecule has 0 saturated heterocycles. The smallest absolute Gasteiger partial charge is 0.360 e. The van der Waals surface area contributed by atoms with Crippen molar-refractivity contribution in [2.24, 2.45) is 0 Å². The Hall–Kier alpha value is -1.65. The highest BCUT2D eigenvalue weighted by atomic mass is 16.5. The number of nitrogen functional groups attached to an aromatic ring is 1. The molecule has 0 aromatic carbocycles. The van der Waals surface area contributed by atoms with Crippen molar-refractivity contribution < 1.29 is 9.53 Å². The number of nitrogens with zero attached hydrogens (tertiary/aromatic N) is 2. The minimum Gasteiger partial charge on any atom is -0.464 e. The first kappa shape index (κ1) is 10.4. The Labute approximate surface area is 82.3 Å². The molecule has 14 heavy (non-hydrogen) atoms. The zero-order valence-corrected chi connectivity index (χ0v) is 8.44. The molecule has 0 aliphatic carbocycles. The molecule has 0 aliphatic rings. The maximum Gasteiger partial charge on any atom is 0.360 e. The lowest BCUT2D eigenvalue weighted by atomic mass is 10.1. The van der Waals surface area contributed by atoms with Gasteiger partial charge in [-0.05, 0) is 5.92 Å². The van der Waals surface area contributed by atoms with Gasteiger partial charge in [0, 0.05) is 0 Å². The number of hydrogen-bond acceptors (Lipinski definition) is 5. The van der Waals surface area contributed by atoms with E-state index >= 15 is 0 Å². The first-order chi connectivity index (χ1) is 6.56. The lowest BCUT2D eigenvalue weighted by Crippen LogP contribution is -2.12. The summed E-state index contributed by atoms with van der Waals surface area (Å²) in [4.78, 5) is 19.2. The number of esters is 1. The topological polar surface area (TPSA) is 78.1 Å². The number of carbonyl (C=O) groups excluding carboxylic acids is 1. The van der Waals surface area contributed by atoms with Gasteiger partial charge >= 0.3 is 5.97 Å². The average Bonchev–Trinajstić information content (AvgIpc) is 2.17. The van der Waals surface area contributed by atoms with Crippen LogP contribution in [0, 0.1) is 0 Å². The number of hydrogen-bond donors (Lipinski definition) is 1. The van der Waals surface area contributed by atoms with E-state index in [0.717, 1.165) is 5.69 Å². The van der Waals surface area contributed by atoms with Crippen LogP contribution < -0.4 is 5.73 Å². The van der Waals surface area contributed by atoms with Gasteiger partial charge in [0.1, 0.15) is 0 Å². The molecule has 0 bridgehead atoms. The molecular weight excluding hydrogens is 182 g/mol. The SMILES string of the molecule is COC(=O)c1nc(C(C)C)cnc1N. The maximum atomic E-state index is 11.2. The van der Waals surface area contributed by atoms with E-state index in [0.29, 0.717) is 0 Å². The number of methoxy groups -OCH3 is 1. The Morgan fingerprint density at radius 2 is 2.21 bits per heavy atom. The van der Waals surface area contributed by atoms with Gasteiger partial charge in [-0.25, -0.2) is 14.8 Å². The van der Waals surface area contributed by atoms with Crippen LogP contribution in [0.15, 0.2) is 6.20 Å². The Balaban J connectivity index is 3.15. The Bertz CT molecular complexity index is 350. The molecule has 0 saturated carbocycles. The van der Waals surface area contributed by atoms with E-state index in [1.165, 1.54) is 7.11 Å². The molecular formula is C9H13N3O2. The van der Waals surface area contributed by atoms with Crippen molar-refractivity contribution in [3.63, 3.8) is 0 Å². The summed E-state index contributed by atoms with van der Waals surface area (Å²) >= 11 is 0. The summed E-state index contributed by atoms with van der Waals surface area (Å²) in [5.74, 6) is -0.259. The summed E-state index contributed by atoms with van der Waals surface area (Å²) in [5, 5.41) is 0. The van der Waals surface area contributed by atoms with E-state index < -0.39 is 5.97 Å². The molecule has 0 spiro atoms. The second kappa shape index (κ2) is 4.04. The fourth-order valence-electron chi connectivity index (χ4n) is 0.937. The molecule has 1 aromatic heterocycles. The van der Waals surface area contributed by atoms with Crippen molar-refractivity contribution in [2.45, 2.75) is 19.8 Å². The third kappa shape index (κ3) is 1.99. The van der Waals surface area contributed by atoms with E-state index in [2.05, 4.69) is 14.7 Å². The van der Waals surface area contributed by atoms with Crippen molar-refractivity contribution in [1.82, 2.24) is 9.97 Å². The van der Waals surface area contributed by atoms with Gasteiger partial charge in [-0.2, -0.15) is 0 Å². The lowest BCUT2D eigenvalue weighted by molar-refractivity contribution is 0.0594. The molecule has 2 N–H and O–H groups in total. The molecule has 5 nitrogen and oxygen atoms in total. The highest BCUT2D eigenvalue weighted by Gasteiger charge is 2.14. The van der Waals surface area contributed by atoms with Crippen LogP contribution in [0.2, 0.25) is 0 Å². The van der Waals surface area contributed by atoms with Gasteiger partial charge < -0.3 is 10.5 Å². The third-order valence-electron chi connectivity index (χ3n) is 1.79. The highest BCUT2D eigenvalue weighted by Crippen LogP contribution is 2.14. The van der Waals surface area contributed by atoms with Gasteiger partial charge in [0.15, 0.2) is 11.5 Å². The summed E-state index contributed by atoms with van der Waals surface area (Å²) in [6, 6.07) is 0. The number of anilines is 1. The lowest BCUT2D eigenvalue weighted by Gasteiger charge is -2.07. The van der Waals surface area contributed by atoms with Crippen LogP contribution in [0.5, 0.6) is 0 Å². The molecule has 0 atom stereocenters. The molecule has 0 amide bonds. The molecule has 76 valence electrons. The Morgan fingerprint density at radius 3 is 2.71 bits per heavy atom. The zero-order chi connectivity index (χ0) is 10.7. The first-order valence-electron chi connectivity index (χ1n) is 4.27. The Kier molecular flexibility index (Phi) is 3.01. The number of ether oxygens (including phenoxy) is 1. The summed E-state index contributed by atoms with van der Waals surface area (Å²) < 4.78 is 4.53. The van der Waals surface area contributed by atoms with Crippen molar-refractivity contribution >= 4 is 11.8 Å². The van der Waals surface area contributed by atoms with Crippen LogP contribution >= 0.6 is 0 Å². The van der Waals surface area contributed by atoms with Gasteiger partial charge in [0.2, 0.25) is 0 Å². The summed E-state index contributed by atoms with van der Waals surface area (Å²) in [5.41, 5.74) is 6.30. The summed E-state index contributed by atoms with van der Waals surface area (Å²) in [6.07, 6.45) is 1.56. The number of carbonyl (C=O) groups is 1. The molecule has 0 unspecified atom stereocenters. The normalized spacial score (nSPS) is 10.3. The van der Waals surface area contributed by atoms with Gasteiger partial charge in [-0.15, -0.1) is 0 Å². The second-order valence-electron chi connectivity index (χ2n) is 3.17. The predicted octanol–water partition coefficient (Wildman–Crippen LogP) is 0.969. The molecule has 0 aliphatic heterocycles. The van der Waals surface area contributed by atoms with Crippen LogP contribution in [-0.2, 0) is 4.74 Å². The van der Waals surface area contributed by atoms with Gasteiger partial charge in [-0.1, -0.05) is 13.8 Å². The zero-order valence-electron chi connectivity index (χ0n) is 8.44. The predicted molar refractivity (Wildman–Crippen MR) is 51.9 cm³/mol. The largest absolute Gasteiger partial charge is 0.464 e. The van der Waals surface area contributed by atoms with Crippen molar-refractivity contribution in [3.8, 4) is 0 Å². The minimum absolute atomic E-state index is 0.0821.